The minimum atomic E-state index is -1.08. The largest absolute Gasteiger partial charge is 0.480 e. The summed E-state index contributed by atoms with van der Waals surface area (Å²) in [5.41, 5.74) is 10.8. The van der Waals surface area contributed by atoms with Gasteiger partial charge in [-0.15, -0.1) is 12.4 Å². The molecule has 0 aromatic heterocycles. The second kappa shape index (κ2) is 9.70. The molecule has 1 amide bonds. The van der Waals surface area contributed by atoms with Gasteiger partial charge in [0.05, 0.1) is 6.04 Å². The summed E-state index contributed by atoms with van der Waals surface area (Å²) in [5.74, 6) is -1.50. The van der Waals surface area contributed by atoms with E-state index >= 15 is 0 Å². The summed E-state index contributed by atoms with van der Waals surface area (Å²) < 4.78 is 0. The molecule has 15 heavy (non-hydrogen) atoms. The fourth-order valence-corrected chi connectivity index (χ4v) is 0.934. The van der Waals surface area contributed by atoms with Crippen molar-refractivity contribution in [2.24, 2.45) is 11.5 Å². The van der Waals surface area contributed by atoms with Gasteiger partial charge in [0, 0.05) is 0 Å². The highest BCUT2D eigenvalue weighted by molar-refractivity contribution is 5.85. The van der Waals surface area contributed by atoms with Gasteiger partial charge in [-0.2, -0.15) is 0 Å². The van der Waals surface area contributed by atoms with E-state index in [0.717, 1.165) is 12.8 Å². The molecule has 90 valence electrons. The molecule has 0 bridgehead atoms. The van der Waals surface area contributed by atoms with Crippen molar-refractivity contribution in [1.29, 1.82) is 0 Å². The standard InChI is InChI=1S/C8H17N3O3.ClH/c9-4-2-1-3-6(10)8(14)11-5-7(12)13;/h6H,1-5,9-10H2,(H,11,14)(H,12,13);1H/t6-;/m0./s1. The van der Waals surface area contributed by atoms with E-state index in [9.17, 15) is 9.59 Å². The number of rotatable bonds is 7. The number of nitrogens with two attached hydrogens (primary N) is 2. The minimum absolute atomic E-state index is 0. The molecule has 0 saturated heterocycles. The summed E-state index contributed by atoms with van der Waals surface area (Å²) in [6, 6.07) is -0.638. The predicted molar refractivity (Wildman–Crippen MR) is 58.8 cm³/mol. The zero-order chi connectivity index (χ0) is 11.0. The lowest BCUT2D eigenvalue weighted by molar-refractivity contribution is -0.138. The summed E-state index contributed by atoms with van der Waals surface area (Å²) in [6.07, 6.45) is 2.13. The van der Waals surface area contributed by atoms with Crippen LogP contribution in [0.5, 0.6) is 0 Å². The third-order valence-corrected chi connectivity index (χ3v) is 1.72. The van der Waals surface area contributed by atoms with Gasteiger partial charge < -0.3 is 21.9 Å². The van der Waals surface area contributed by atoms with Crippen LogP contribution in [0.1, 0.15) is 19.3 Å². The molecule has 1 atom stereocenters. The van der Waals surface area contributed by atoms with Gasteiger partial charge in [0.1, 0.15) is 6.54 Å². The molecule has 0 saturated carbocycles. The van der Waals surface area contributed by atoms with Crippen LogP contribution in [0.3, 0.4) is 0 Å². The SMILES string of the molecule is Cl.NCCCC[C@H](N)C(=O)NCC(=O)O. The highest BCUT2D eigenvalue weighted by Crippen LogP contribution is 1.97. The van der Waals surface area contributed by atoms with E-state index in [4.69, 9.17) is 16.6 Å². The molecule has 0 aromatic carbocycles. The summed E-state index contributed by atoms with van der Waals surface area (Å²) in [4.78, 5) is 21.2. The van der Waals surface area contributed by atoms with Gasteiger partial charge in [0.15, 0.2) is 0 Å². The summed E-state index contributed by atoms with van der Waals surface area (Å²) in [7, 11) is 0. The van der Waals surface area contributed by atoms with E-state index in [1.54, 1.807) is 0 Å². The van der Waals surface area contributed by atoms with Crippen molar-refractivity contribution in [3.05, 3.63) is 0 Å². The second-order valence-electron chi connectivity index (χ2n) is 3.00. The first-order chi connectivity index (χ1) is 6.57. The van der Waals surface area contributed by atoms with Crippen LogP contribution in [0.15, 0.2) is 0 Å². The zero-order valence-electron chi connectivity index (χ0n) is 8.44. The van der Waals surface area contributed by atoms with Crippen LogP contribution in [0.2, 0.25) is 0 Å². The van der Waals surface area contributed by atoms with Crippen molar-refractivity contribution < 1.29 is 14.7 Å². The van der Waals surface area contributed by atoms with E-state index in [1.807, 2.05) is 0 Å². The lowest BCUT2D eigenvalue weighted by atomic mass is 10.1. The number of nitrogens with one attached hydrogen (secondary N) is 1. The molecule has 0 aliphatic heterocycles. The number of carboxylic acids is 1. The van der Waals surface area contributed by atoms with Crippen LogP contribution >= 0.6 is 12.4 Å². The highest BCUT2D eigenvalue weighted by atomic mass is 35.5. The molecule has 7 heteroatoms. The maximum atomic E-state index is 11.1. The molecule has 6 N–H and O–H groups in total. The normalized spacial score (nSPS) is 11.3. The number of halogens is 1. The first kappa shape index (κ1) is 16.6. The first-order valence-electron chi connectivity index (χ1n) is 4.53. The monoisotopic (exact) mass is 239 g/mol. The average Bonchev–Trinajstić information content (AvgIpc) is 2.14. The molecular weight excluding hydrogens is 222 g/mol. The fourth-order valence-electron chi connectivity index (χ4n) is 0.934. The Hall–Kier alpha value is -0.850. The van der Waals surface area contributed by atoms with Crippen LogP contribution < -0.4 is 16.8 Å². The zero-order valence-corrected chi connectivity index (χ0v) is 9.26. The van der Waals surface area contributed by atoms with E-state index in [0.29, 0.717) is 13.0 Å². The minimum Gasteiger partial charge on any atom is -0.480 e. The number of unbranched alkanes of at least 4 members (excludes halogenated alkanes) is 1. The van der Waals surface area contributed by atoms with Gasteiger partial charge >= 0.3 is 5.97 Å². The number of carbonyl (C=O) groups excluding carboxylic acids is 1. The summed E-state index contributed by atoms with van der Waals surface area (Å²) in [6.45, 7) is 0.187. The van der Waals surface area contributed by atoms with Crippen LogP contribution in [-0.4, -0.2) is 36.1 Å². The molecule has 6 nitrogen and oxygen atoms in total. The molecular formula is C8H18ClN3O3. The van der Waals surface area contributed by atoms with E-state index in [-0.39, 0.29) is 19.0 Å². The number of carbonyl (C=O) groups is 2. The Bertz CT molecular complexity index is 202. The Morgan fingerprint density at radius 2 is 1.93 bits per heavy atom. The van der Waals surface area contributed by atoms with E-state index < -0.39 is 17.9 Å². The predicted octanol–water partition coefficient (Wildman–Crippen LogP) is -0.935. The topological polar surface area (TPSA) is 118 Å². The maximum absolute atomic E-state index is 11.1. The molecule has 0 aromatic rings. The Morgan fingerprint density at radius 1 is 1.33 bits per heavy atom. The fraction of sp³-hybridized carbons (Fsp3) is 0.750. The van der Waals surface area contributed by atoms with Gasteiger partial charge in [-0.1, -0.05) is 6.42 Å². The van der Waals surface area contributed by atoms with Crippen LogP contribution in [-0.2, 0) is 9.59 Å². The van der Waals surface area contributed by atoms with Gasteiger partial charge in [-0.3, -0.25) is 9.59 Å². The molecule has 0 radical (unpaired) electrons. The van der Waals surface area contributed by atoms with Crippen LogP contribution in [0.4, 0.5) is 0 Å². The maximum Gasteiger partial charge on any atom is 0.322 e. The van der Waals surface area contributed by atoms with Crippen molar-refractivity contribution in [3.63, 3.8) is 0 Å². The van der Waals surface area contributed by atoms with Crippen molar-refractivity contribution in [2.75, 3.05) is 13.1 Å². The Labute approximate surface area is 94.8 Å². The molecule has 0 unspecified atom stereocenters. The van der Waals surface area contributed by atoms with Gasteiger partial charge in [-0.25, -0.2) is 0 Å². The number of hydrogen-bond acceptors (Lipinski definition) is 4. The lowest BCUT2D eigenvalue weighted by Gasteiger charge is -2.10. The molecule has 0 rings (SSSR count). The Kier molecular flexibility index (Phi) is 10.7. The van der Waals surface area contributed by atoms with Gasteiger partial charge in [0.25, 0.3) is 0 Å². The van der Waals surface area contributed by atoms with E-state index in [1.165, 1.54) is 0 Å². The van der Waals surface area contributed by atoms with Crippen LogP contribution in [0, 0.1) is 0 Å². The van der Waals surface area contributed by atoms with Gasteiger partial charge in [-0.05, 0) is 19.4 Å². The number of hydrogen-bond donors (Lipinski definition) is 4. The first-order valence-corrected chi connectivity index (χ1v) is 4.53. The van der Waals surface area contributed by atoms with Crippen molar-refractivity contribution >= 4 is 24.3 Å². The molecule has 0 spiro atoms. The lowest BCUT2D eigenvalue weighted by Crippen LogP contribution is -2.42. The molecule has 0 fully saturated rings. The van der Waals surface area contributed by atoms with E-state index in [2.05, 4.69) is 5.32 Å². The molecule has 0 heterocycles. The third-order valence-electron chi connectivity index (χ3n) is 1.72. The van der Waals surface area contributed by atoms with Crippen molar-refractivity contribution in [3.8, 4) is 0 Å². The second-order valence-corrected chi connectivity index (χ2v) is 3.00. The van der Waals surface area contributed by atoms with Crippen molar-refractivity contribution in [1.82, 2.24) is 5.32 Å². The number of aliphatic carboxylic acids is 1. The molecule has 0 aliphatic carbocycles. The quantitative estimate of drug-likeness (QED) is 0.428. The number of amides is 1. The Balaban J connectivity index is 0. The average molecular weight is 240 g/mol. The van der Waals surface area contributed by atoms with Crippen LogP contribution in [0.25, 0.3) is 0 Å². The third kappa shape index (κ3) is 9.45. The molecule has 0 aliphatic rings. The summed E-state index contributed by atoms with van der Waals surface area (Å²) >= 11 is 0. The van der Waals surface area contributed by atoms with Crippen molar-refractivity contribution in [2.45, 2.75) is 25.3 Å². The summed E-state index contributed by atoms with van der Waals surface area (Å²) in [5, 5.41) is 10.5. The smallest absolute Gasteiger partial charge is 0.322 e. The highest BCUT2D eigenvalue weighted by Gasteiger charge is 2.12. The Morgan fingerprint density at radius 3 is 2.40 bits per heavy atom. The van der Waals surface area contributed by atoms with Gasteiger partial charge in [0.2, 0.25) is 5.91 Å². The number of carboxylic acid groups (broad SMARTS) is 1.